The average Bonchev–Trinajstić information content (AvgIpc) is 2.34. The lowest BCUT2D eigenvalue weighted by molar-refractivity contribution is 0.0696. The number of likely N-dealkylation sites (N-methyl/N-ethyl adjacent to an activating group) is 1. The summed E-state index contributed by atoms with van der Waals surface area (Å²) in [6.45, 7) is 2.62. The van der Waals surface area contributed by atoms with Crippen LogP contribution < -0.4 is 5.32 Å². The largest absolute Gasteiger partial charge is 0.478 e. The van der Waals surface area contributed by atoms with E-state index in [0.29, 0.717) is 25.6 Å². The standard InChI is InChI=1S/C12H18ClN3O3/c1-16(2)4-6-19-5-3-14-11-10(13)7-9(8-15-11)12(17)18/h7-8H,3-6H2,1-2H3,(H,14,15)(H,17,18). The van der Waals surface area contributed by atoms with Gasteiger partial charge >= 0.3 is 5.97 Å². The van der Waals surface area contributed by atoms with Gasteiger partial charge in [0.25, 0.3) is 0 Å². The second-order valence-corrected chi connectivity index (χ2v) is 4.61. The molecule has 6 nitrogen and oxygen atoms in total. The first-order valence-electron chi connectivity index (χ1n) is 5.86. The number of carboxylic acid groups (broad SMARTS) is 1. The molecule has 0 amide bonds. The molecule has 1 aromatic heterocycles. The van der Waals surface area contributed by atoms with E-state index in [1.165, 1.54) is 12.3 Å². The topological polar surface area (TPSA) is 74.7 Å². The molecule has 1 heterocycles. The van der Waals surface area contributed by atoms with E-state index in [0.717, 1.165) is 6.54 Å². The maximum Gasteiger partial charge on any atom is 0.337 e. The fourth-order valence-electron chi connectivity index (χ4n) is 1.28. The van der Waals surface area contributed by atoms with Crippen molar-refractivity contribution >= 4 is 23.4 Å². The molecule has 0 atom stereocenters. The number of hydrogen-bond donors (Lipinski definition) is 2. The predicted molar refractivity (Wildman–Crippen MR) is 74.1 cm³/mol. The van der Waals surface area contributed by atoms with Gasteiger partial charge in [0.1, 0.15) is 5.82 Å². The number of pyridine rings is 1. The maximum atomic E-state index is 10.7. The number of carbonyl (C=O) groups is 1. The third-order valence-corrected chi connectivity index (χ3v) is 2.60. The highest BCUT2D eigenvalue weighted by atomic mass is 35.5. The van der Waals surface area contributed by atoms with Crippen molar-refractivity contribution in [2.75, 3.05) is 45.7 Å². The van der Waals surface area contributed by atoms with E-state index in [9.17, 15) is 4.79 Å². The summed E-state index contributed by atoms with van der Waals surface area (Å²) in [6, 6.07) is 1.37. The molecule has 0 bridgehead atoms. The Kier molecular flexibility index (Phi) is 6.55. The molecule has 0 aromatic carbocycles. The molecule has 1 aromatic rings. The zero-order chi connectivity index (χ0) is 14.3. The van der Waals surface area contributed by atoms with Crippen molar-refractivity contribution in [1.82, 2.24) is 9.88 Å². The van der Waals surface area contributed by atoms with Crippen LogP contribution in [0.2, 0.25) is 5.02 Å². The normalized spacial score (nSPS) is 10.7. The number of nitrogens with one attached hydrogen (secondary N) is 1. The second-order valence-electron chi connectivity index (χ2n) is 4.20. The summed E-state index contributed by atoms with van der Waals surface area (Å²) in [5.74, 6) is -0.587. The summed E-state index contributed by atoms with van der Waals surface area (Å²) >= 11 is 5.92. The summed E-state index contributed by atoms with van der Waals surface area (Å²) in [5.41, 5.74) is 0.0674. The van der Waals surface area contributed by atoms with Crippen LogP contribution in [0.3, 0.4) is 0 Å². The Bertz CT molecular complexity index is 427. The molecule has 0 fully saturated rings. The van der Waals surface area contributed by atoms with Crippen LogP contribution in [-0.4, -0.2) is 61.4 Å². The van der Waals surface area contributed by atoms with E-state index < -0.39 is 5.97 Å². The number of ether oxygens (including phenoxy) is 1. The first kappa shape index (κ1) is 15.7. The number of aromatic nitrogens is 1. The Labute approximate surface area is 117 Å². The zero-order valence-corrected chi connectivity index (χ0v) is 11.8. The van der Waals surface area contributed by atoms with Gasteiger partial charge in [-0.15, -0.1) is 0 Å². The van der Waals surface area contributed by atoms with Crippen LogP contribution in [0.4, 0.5) is 5.82 Å². The summed E-state index contributed by atoms with van der Waals surface area (Å²) < 4.78 is 5.40. The molecule has 106 valence electrons. The van der Waals surface area contributed by atoms with E-state index in [1.807, 2.05) is 19.0 Å². The highest BCUT2D eigenvalue weighted by molar-refractivity contribution is 6.33. The van der Waals surface area contributed by atoms with Crippen LogP contribution >= 0.6 is 11.6 Å². The molecule has 0 aliphatic rings. The van der Waals surface area contributed by atoms with Crippen LogP contribution in [0.25, 0.3) is 0 Å². The summed E-state index contributed by atoms with van der Waals surface area (Å²) in [4.78, 5) is 16.7. The number of halogens is 1. The van der Waals surface area contributed by atoms with Crippen molar-refractivity contribution in [2.45, 2.75) is 0 Å². The lowest BCUT2D eigenvalue weighted by Crippen LogP contribution is -2.20. The van der Waals surface area contributed by atoms with Crippen molar-refractivity contribution in [1.29, 1.82) is 0 Å². The fourth-order valence-corrected chi connectivity index (χ4v) is 1.51. The lowest BCUT2D eigenvalue weighted by Gasteiger charge is -2.11. The Morgan fingerprint density at radius 3 is 2.84 bits per heavy atom. The van der Waals surface area contributed by atoms with Gasteiger partial charge in [-0.2, -0.15) is 0 Å². The van der Waals surface area contributed by atoms with Crippen molar-refractivity contribution in [3.8, 4) is 0 Å². The van der Waals surface area contributed by atoms with Gasteiger partial charge in [0.15, 0.2) is 0 Å². The number of hydrogen-bond acceptors (Lipinski definition) is 5. The van der Waals surface area contributed by atoms with E-state index in [4.69, 9.17) is 21.4 Å². The molecule has 0 aliphatic heterocycles. The van der Waals surface area contributed by atoms with Crippen LogP contribution in [-0.2, 0) is 4.74 Å². The highest BCUT2D eigenvalue weighted by Crippen LogP contribution is 2.19. The first-order chi connectivity index (χ1) is 9.00. The summed E-state index contributed by atoms with van der Waals surface area (Å²) in [7, 11) is 3.96. The molecule has 1 rings (SSSR count). The van der Waals surface area contributed by atoms with Crippen molar-refractivity contribution in [3.63, 3.8) is 0 Å². The van der Waals surface area contributed by atoms with Crippen molar-refractivity contribution in [2.24, 2.45) is 0 Å². The smallest absolute Gasteiger partial charge is 0.337 e. The first-order valence-corrected chi connectivity index (χ1v) is 6.23. The Hall–Kier alpha value is -1.37. The Morgan fingerprint density at radius 2 is 2.26 bits per heavy atom. The van der Waals surface area contributed by atoms with E-state index in [-0.39, 0.29) is 10.6 Å². The molecular formula is C12H18ClN3O3. The molecular weight excluding hydrogens is 270 g/mol. The maximum absolute atomic E-state index is 10.7. The predicted octanol–water partition coefficient (Wildman–Crippen LogP) is 1.42. The number of anilines is 1. The summed E-state index contributed by atoms with van der Waals surface area (Å²) in [6.07, 6.45) is 1.27. The molecule has 7 heteroatoms. The van der Waals surface area contributed by atoms with Gasteiger partial charge in [0.2, 0.25) is 0 Å². The molecule has 0 saturated carbocycles. The third-order valence-electron chi connectivity index (χ3n) is 2.31. The summed E-state index contributed by atoms with van der Waals surface area (Å²) in [5, 5.41) is 12.1. The average molecular weight is 288 g/mol. The van der Waals surface area contributed by atoms with Crippen LogP contribution in [0.1, 0.15) is 10.4 Å². The molecule has 0 aliphatic carbocycles. The molecule has 0 saturated heterocycles. The van der Waals surface area contributed by atoms with E-state index in [2.05, 4.69) is 10.3 Å². The minimum Gasteiger partial charge on any atom is -0.478 e. The van der Waals surface area contributed by atoms with Gasteiger partial charge in [-0.25, -0.2) is 9.78 Å². The van der Waals surface area contributed by atoms with Crippen molar-refractivity contribution < 1.29 is 14.6 Å². The van der Waals surface area contributed by atoms with Gasteiger partial charge in [0.05, 0.1) is 23.8 Å². The molecule has 0 spiro atoms. The molecule has 0 unspecified atom stereocenters. The molecule has 2 N–H and O–H groups in total. The third kappa shape index (κ3) is 5.87. The second kappa shape index (κ2) is 7.93. The van der Waals surface area contributed by atoms with Gasteiger partial charge in [-0.05, 0) is 20.2 Å². The van der Waals surface area contributed by atoms with Gasteiger partial charge in [-0.3, -0.25) is 0 Å². The Balaban J connectivity index is 2.32. The SMILES string of the molecule is CN(C)CCOCCNc1ncc(C(=O)O)cc1Cl. The monoisotopic (exact) mass is 287 g/mol. The lowest BCUT2D eigenvalue weighted by atomic mass is 10.3. The van der Waals surface area contributed by atoms with E-state index >= 15 is 0 Å². The zero-order valence-electron chi connectivity index (χ0n) is 11.0. The van der Waals surface area contributed by atoms with Crippen molar-refractivity contribution in [3.05, 3.63) is 22.8 Å². The van der Waals surface area contributed by atoms with E-state index in [1.54, 1.807) is 0 Å². The number of carboxylic acids is 1. The Morgan fingerprint density at radius 1 is 1.53 bits per heavy atom. The van der Waals surface area contributed by atoms with Crippen LogP contribution in [0.5, 0.6) is 0 Å². The number of aromatic carboxylic acids is 1. The number of rotatable bonds is 8. The van der Waals surface area contributed by atoms with Gasteiger partial charge in [-0.1, -0.05) is 11.6 Å². The molecule has 0 radical (unpaired) electrons. The minimum atomic E-state index is -1.05. The number of nitrogens with zero attached hydrogens (tertiary/aromatic N) is 2. The van der Waals surface area contributed by atoms with Crippen LogP contribution in [0, 0.1) is 0 Å². The van der Waals surface area contributed by atoms with Crippen LogP contribution in [0.15, 0.2) is 12.3 Å². The fraction of sp³-hybridized carbons (Fsp3) is 0.500. The quantitative estimate of drug-likeness (QED) is 0.705. The minimum absolute atomic E-state index is 0.0674. The highest BCUT2D eigenvalue weighted by Gasteiger charge is 2.07. The van der Waals surface area contributed by atoms with Gasteiger partial charge < -0.3 is 20.1 Å². The van der Waals surface area contributed by atoms with Gasteiger partial charge in [0, 0.05) is 19.3 Å². The molecule has 19 heavy (non-hydrogen) atoms.